The van der Waals surface area contributed by atoms with Crippen molar-refractivity contribution in [3.8, 4) is 5.75 Å². The van der Waals surface area contributed by atoms with Gasteiger partial charge in [-0.3, -0.25) is 9.36 Å². The molecule has 0 radical (unpaired) electrons. The van der Waals surface area contributed by atoms with Crippen LogP contribution < -0.4 is 10.1 Å². The normalized spacial score (nSPS) is 10.7. The number of rotatable bonds is 9. The van der Waals surface area contributed by atoms with E-state index < -0.39 is 0 Å². The van der Waals surface area contributed by atoms with Crippen LogP contribution in [-0.2, 0) is 17.9 Å². The highest BCUT2D eigenvalue weighted by Gasteiger charge is 2.15. The van der Waals surface area contributed by atoms with Crippen LogP contribution in [-0.4, -0.2) is 26.4 Å². The van der Waals surface area contributed by atoms with Crippen molar-refractivity contribution in [1.29, 1.82) is 0 Å². The Morgan fingerprint density at radius 1 is 1.19 bits per heavy atom. The molecule has 3 rings (SSSR count). The quantitative estimate of drug-likeness (QED) is 0.288. The summed E-state index contributed by atoms with van der Waals surface area (Å²) in [7, 11) is 0. The fourth-order valence-corrected chi connectivity index (χ4v) is 4.06. The molecule has 0 spiro atoms. The van der Waals surface area contributed by atoms with E-state index in [1.165, 1.54) is 11.8 Å². The van der Waals surface area contributed by atoms with Crippen molar-refractivity contribution in [3.63, 3.8) is 0 Å². The first-order valence-corrected chi connectivity index (χ1v) is 11.3. The molecule has 0 fully saturated rings. The Bertz CT molecular complexity index is 1080. The highest BCUT2D eigenvalue weighted by atomic mass is 35.5. The summed E-state index contributed by atoms with van der Waals surface area (Å²) in [6, 6.07) is 10.3. The number of halogens is 3. The number of aromatic nitrogens is 3. The van der Waals surface area contributed by atoms with E-state index in [1.54, 1.807) is 36.4 Å². The van der Waals surface area contributed by atoms with Crippen LogP contribution in [0.25, 0.3) is 0 Å². The van der Waals surface area contributed by atoms with Crippen LogP contribution in [0, 0.1) is 6.92 Å². The summed E-state index contributed by atoms with van der Waals surface area (Å²) in [5, 5.41) is 13.3. The van der Waals surface area contributed by atoms with Crippen molar-refractivity contribution in [2.45, 2.75) is 25.2 Å². The Labute approximate surface area is 199 Å². The first-order valence-electron chi connectivity index (χ1n) is 9.16. The number of thioether (sulfide) groups is 1. The fourth-order valence-electron chi connectivity index (χ4n) is 2.65. The molecule has 1 N–H and O–H groups in total. The van der Waals surface area contributed by atoms with E-state index in [0.29, 0.717) is 44.0 Å². The highest BCUT2D eigenvalue weighted by Crippen LogP contribution is 2.24. The van der Waals surface area contributed by atoms with Gasteiger partial charge in [0.25, 0.3) is 0 Å². The maximum atomic E-state index is 12.3. The molecule has 3 aromatic rings. The minimum Gasteiger partial charge on any atom is -0.486 e. The topological polar surface area (TPSA) is 69.0 Å². The Kier molecular flexibility index (Phi) is 8.26. The van der Waals surface area contributed by atoms with Gasteiger partial charge < -0.3 is 10.1 Å². The van der Waals surface area contributed by atoms with Gasteiger partial charge in [-0.2, -0.15) is 0 Å². The second-order valence-electron chi connectivity index (χ2n) is 6.49. The van der Waals surface area contributed by atoms with Gasteiger partial charge in [0, 0.05) is 27.3 Å². The third-order valence-corrected chi connectivity index (χ3v) is 5.91. The zero-order chi connectivity index (χ0) is 22.4. The second-order valence-corrected chi connectivity index (χ2v) is 8.72. The van der Waals surface area contributed by atoms with E-state index in [0.717, 1.165) is 5.56 Å². The predicted octanol–water partition coefficient (Wildman–Crippen LogP) is 6.04. The highest BCUT2D eigenvalue weighted by molar-refractivity contribution is 7.99. The van der Waals surface area contributed by atoms with Crippen LogP contribution >= 0.6 is 46.6 Å². The number of hydrogen-bond donors (Lipinski definition) is 1. The maximum Gasteiger partial charge on any atom is 0.234 e. The van der Waals surface area contributed by atoms with Gasteiger partial charge in [-0.15, -0.1) is 16.8 Å². The van der Waals surface area contributed by atoms with Crippen LogP contribution in [0.4, 0.5) is 5.69 Å². The third kappa shape index (κ3) is 6.64. The molecule has 0 aliphatic carbocycles. The van der Waals surface area contributed by atoms with Crippen LogP contribution in [0.15, 0.2) is 54.2 Å². The summed E-state index contributed by atoms with van der Waals surface area (Å²) in [6.07, 6.45) is 1.73. The number of hydrogen-bond acceptors (Lipinski definition) is 5. The van der Waals surface area contributed by atoms with Gasteiger partial charge in [0.2, 0.25) is 5.91 Å². The lowest BCUT2D eigenvalue weighted by atomic mass is 10.2. The molecule has 0 bridgehead atoms. The molecule has 0 saturated carbocycles. The van der Waals surface area contributed by atoms with Crippen molar-refractivity contribution in [3.05, 3.63) is 75.5 Å². The summed E-state index contributed by atoms with van der Waals surface area (Å²) in [5.41, 5.74) is 1.46. The summed E-state index contributed by atoms with van der Waals surface area (Å²) >= 11 is 19.2. The van der Waals surface area contributed by atoms with Crippen molar-refractivity contribution in [2.75, 3.05) is 11.1 Å². The van der Waals surface area contributed by atoms with Crippen molar-refractivity contribution in [1.82, 2.24) is 14.8 Å². The minimum absolute atomic E-state index is 0.136. The molecule has 0 unspecified atom stereocenters. The number of nitrogens with one attached hydrogen (secondary N) is 1. The van der Waals surface area contributed by atoms with E-state index in [4.69, 9.17) is 39.5 Å². The van der Waals surface area contributed by atoms with Gasteiger partial charge in [-0.1, -0.05) is 52.6 Å². The van der Waals surface area contributed by atoms with E-state index in [2.05, 4.69) is 22.1 Å². The molecule has 1 aromatic heterocycles. The minimum atomic E-state index is -0.217. The van der Waals surface area contributed by atoms with Crippen LogP contribution in [0.5, 0.6) is 5.75 Å². The number of amides is 1. The average Bonchev–Trinajstić information content (AvgIpc) is 3.08. The van der Waals surface area contributed by atoms with Crippen LogP contribution in [0.2, 0.25) is 15.1 Å². The Balaban J connectivity index is 1.63. The van der Waals surface area contributed by atoms with Crippen LogP contribution in [0.1, 0.15) is 11.4 Å². The number of nitrogens with zero attached hydrogens (tertiary/aromatic N) is 3. The van der Waals surface area contributed by atoms with Crippen LogP contribution in [0.3, 0.4) is 0 Å². The van der Waals surface area contributed by atoms with Gasteiger partial charge in [0.15, 0.2) is 11.0 Å². The molecule has 2 aromatic carbocycles. The zero-order valence-electron chi connectivity index (χ0n) is 16.6. The first kappa shape index (κ1) is 23.5. The standard InChI is InChI=1S/C21H19Cl3N4O2S/c1-3-6-28-19(11-30-17-4-5-18(24)13(2)7-17)26-27-21(28)31-12-20(29)25-16-9-14(22)8-15(23)10-16/h3-5,7-10H,1,6,11-12H2,2H3,(H,25,29). The Morgan fingerprint density at radius 2 is 1.94 bits per heavy atom. The summed E-state index contributed by atoms with van der Waals surface area (Å²) in [4.78, 5) is 12.3. The molecular formula is C21H19Cl3N4O2S. The summed E-state index contributed by atoms with van der Waals surface area (Å²) in [6.45, 7) is 6.39. The van der Waals surface area contributed by atoms with Gasteiger partial charge in [-0.25, -0.2) is 0 Å². The molecular weight excluding hydrogens is 479 g/mol. The number of allylic oxidation sites excluding steroid dienone is 1. The molecule has 0 atom stereocenters. The predicted molar refractivity (Wildman–Crippen MR) is 127 cm³/mol. The zero-order valence-corrected chi connectivity index (χ0v) is 19.7. The van der Waals surface area contributed by atoms with E-state index in [-0.39, 0.29) is 18.3 Å². The smallest absolute Gasteiger partial charge is 0.234 e. The molecule has 0 aliphatic rings. The summed E-state index contributed by atoms with van der Waals surface area (Å²) < 4.78 is 7.68. The molecule has 1 amide bonds. The SMILES string of the molecule is C=CCn1c(COc2ccc(Cl)c(C)c2)nnc1SCC(=O)Nc1cc(Cl)cc(Cl)c1. The molecule has 0 aliphatic heterocycles. The van der Waals surface area contributed by atoms with Crippen molar-refractivity contribution in [2.24, 2.45) is 0 Å². The number of aryl methyl sites for hydroxylation is 1. The van der Waals surface area contributed by atoms with Gasteiger partial charge in [-0.05, 0) is 48.9 Å². The fraction of sp³-hybridized carbons (Fsp3) is 0.190. The lowest BCUT2D eigenvalue weighted by Crippen LogP contribution is -2.15. The lowest BCUT2D eigenvalue weighted by Gasteiger charge is -2.10. The largest absolute Gasteiger partial charge is 0.486 e. The second kappa shape index (κ2) is 10.9. The average molecular weight is 498 g/mol. The molecule has 1 heterocycles. The van der Waals surface area contributed by atoms with E-state index in [1.807, 2.05) is 17.6 Å². The number of anilines is 1. The summed E-state index contributed by atoms with van der Waals surface area (Å²) in [5.74, 6) is 1.23. The number of benzene rings is 2. The molecule has 31 heavy (non-hydrogen) atoms. The third-order valence-electron chi connectivity index (χ3n) is 4.08. The maximum absolute atomic E-state index is 12.3. The van der Waals surface area contributed by atoms with Gasteiger partial charge in [0.1, 0.15) is 12.4 Å². The Morgan fingerprint density at radius 3 is 2.61 bits per heavy atom. The molecule has 10 heteroatoms. The van der Waals surface area contributed by atoms with E-state index >= 15 is 0 Å². The Hall–Kier alpha value is -2.19. The molecule has 0 saturated heterocycles. The number of ether oxygens (including phenoxy) is 1. The van der Waals surface area contributed by atoms with Gasteiger partial charge in [0.05, 0.1) is 5.75 Å². The lowest BCUT2D eigenvalue weighted by molar-refractivity contribution is -0.113. The van der Waals surface area contributed by atoms with E-state index in [9.17, 15) is 4.79 Å². The number of carbonyl (C=O) groups excluding carboxylic acids is 1. The van der Waals surface area contributed by atoms with Gasteiger partial charge >= 0.3 is 0 Å². The monoisotopic (exact) mass is 496 g/mol. The van der Waals surface area contributed by atoms with Crippen molar-refractivity contribution >= 4 is 58.2 Å². The molecule has 6 nitrogen and oxygen atoms in total. The number of carbonyl (C=O) groups is 1. The first-order chi connectivity index (χ1) is 14.9. The molecule has 162 valence electrons. The van der Waals surface area contributed by atoms with Crippen molar-refractivity contribution < 1.29 is 9.53 Å².